The molecule has 8 nitrogen and oxygen atoms in total. The maximum absolute atomic E-state index is 12.2. The van der Waals surface area contributed by atoms with Crippen molar-refractivity contribution in [3.63, 3.8) is 0 Å². The summed E-state index contributed by atoms with van der Waals surface area (Å²) in [5.41, 5.74) is 0. The summed E-state index contributed by atoms with van der Waals surface area (Å²) in [5.74, 6) is -1.09. The van der Waals surface area contributed by atoms with Crippen molar-refractivity contribution < 1.29 is 14.4 Å². The average molecular weight is 339 g/mol. The first-order valence-electron chi connectivity index (χ1n) is 8.71. The van der Waals surface area contributed by atoms with Gasteiger partial charge in [-0.3, -0.25) is 9.59 Å². The van der Waals surface area contributed by atoms with E-state index in [0.717, 1.165) is 13.0 Å². The zero-order valence-corrected chi connectivity index (χ0v) is 14.9. The van der Waals surface area contributed by atoms with Gasteiger partial charge < -0.3 is 25.3 Å². The van der Waals surface area contributed by atoms with Gasteiger partial charge >= 0.3 is 17.8 Å². The van der Waals surface area contributed by atoms with E-state index in [0.29, 0.717) is 38.8 Å². The number of carbonyl (C=O) groups excluding carboxylic acids is 3. The van der Waals surface area contributed by atoms with Crippen LogP contribution in [0.4, 0.5) is 4.79 Å². The second-order valence-electron chi connectivity index (χ2n) is 6.87. The maximum Gasteiger partial charge on any atom is 0.317 e. The molecule has 0 aromatic heterocycles. The number of hydrogen-bond acceptors (Lipinski definition) is 4. The monoisotopic (exact) mass is 339 g/mol. The number of amides is 4. The zero-order valence-electron chi connectivity index (χ0n) is 14.9. The molecule has 2 N–H and O–H groups in total. The third-order valence-electron chi connectivity index (χ3n) is 4.63. The Bertz CT molecular complexity index is 474. The number of likely N-dealkylation sites (N-methyl/N-ethyl adjacent to an activating group) is 1. The lowest BCUT2D eigenvalue weighted by atomic mass is 10.2. The summed E-state index contributed by atoms with van der Waals surface area (Å²) in [6.45, 7) is 7.05. The van der Waals surface area contributed by atoms with E-state index < -0.39 is 11.8 Å². The molecule has 2 aliphatic heterocycles. The van der Waals surface area contributed by atoms with Gasteiger partial charge in [0.1, 0.15) is 0 Å². The van der Waals surface area contributed by atoms with Crippen LogP contribution in [0.15, 0.2) is 0 Å². The maximum atomic E-state index is 12.2. The molecule has 0 aromatic rings. The molecule has 8 heteroatoms. The lowest BCUT2D eigenvalue weighted by Gasteiger charge is -2.34. The molecule has 2 rings (SSSR count). The third kappa shape index (κ3) is 4.83. The van der Waals surface area contributed by atoms with Crippen LogP contribution in [-0.4, -0.2) is 90.9 Å². The number of rotatable bonds is 3. The fourth-order valence-electron chi connectivity index (χ4n) is 3.13. The Kier molecular flexibility index (Phi) is 6.42. The number of nitrogens with one attached hydrogen (secondary N) is 2. The number of hydrogen-bond donors (Lipinski definition) is 2. The topological polar surface area (TPSA) is 85.0 Å². The van der Waals surface area contributed by atoms with Gasteiger partial charge in [0.25, 0.3) is 0 Å². The van der Waals surface area contributed by atoms with Gasteiger partial charge in [0.05, 0.1) is 0 Å². The fourth-order valence-corrected chi connectivity index (χ4v) is 3.13. The van der Waals surface area contributed by atoms with Gasteiger partial charge in [-0.05, 0) is 40.3 Å². The normalized spacial score (nSPS) is 21.9. The molecule has 2 fully saturated rings. The molecule has 0 aromatic carbocycles. The van der Waals surface area contributed by atoms with Crippen LogP contribution in [-0.2, 0) is 9.59 Å². The minimum Gasteiger partial charge on any atom is -0.346 e. The van der Waals surface area contributed by atoms with Gasteiger partial charge in [-0.2, -0.15) is 0 Å². The van der Waals surface area contributed by atoms with E-state index in [-0.39, 0.29) is 12.1 Å². The summed E-state index contributed by atoms with van der Waals surface area (Å²) in [4.78, 5) is 41.5. The second kappa shape index (κ2) is 8.32. The highest BCUT2D eigenvalue weighted by atomic mass is 16.2. The molecular weight excluding hydrogens is 310 g/mol. The molecule has 136 valence electrons. The van der Waals surface area contributed by atoms with Crippen molar-refractivity contribution in [3.8, 4) is 0 Å². The van der Waals surface area contributed by atoms with E-state index in [1.165, 1.54) is 11.3 Å². The highest BCUT2D eigenvalue weighted by Crippen LogP contribution is 2.13. The van der Waals surface area contributed by atoms with Crippen LogP contribution in [0.25, 0.3) is 0 Å². The largest absolute Gasteiger partial charge is 0.346 e. The lowest BCUT2D eigenvalue weighted by molar-refractivity contribution is -0.147. The number of urea groups is 1. The third-order valence-corrected chi connectivity index (χ3v) is 4.63. The summed E-state index contributed by atoms with van der Waals surface area (Å²) in [6.07, 6.45) is 2.29. The smallest absolute Gasteiger partial charge is 0.317 e. The minimum atomic E-state index is -0.577. The first-order valence-corrected chi connectivity index (χ1v) is 8.71. The molecule has 4 amide bonds. The van der Waals surface area contributed by atoms with Crippen LogP contribution >= 0.6 is 0 Å². The van der Waals surface area contributed by atoms with Gasteiger partial charge in [0.15, 0.2) is 0 Å². The molecule has 2 saturated heterocycles. The molecule has 1 atom stereocenters. The Morgan fingerprint density at radius 2 is 1.67 bits per heavy atom. The number of nitrogens with zero attached hydrogens (tertiary/aromatic N) is 3. The highest BCUT2D eigenvalue weighted by molar-refractivity contribution is 6.35. The van der Waals surface area contributed by atoms with Gasteiger partial charge in [0, 0.05) is 44.8 Å². The molecule has 0 saturated carbocycles. The van der Waals surface area contributed by atoms with Crippen molar-refractivity contribution in [2.75, 3.05) is 46.3 Å². The van der Waals surface area contributed by atoms with E-state index in [1.54, 1.807) is 4.90 Å². The van der Waals surface area contributed by atoms with Crippen LogP contribution in [0, 0.1) is 0 Å². The SMILES string of the molecule is CC(C)NC(=O)C(=O)N1CCN(C(=O)NCC2CCCN2C)CC1. The number of likely N-dealkylation sites (tertiary alicyclic amines) is 1. The van der Waals surface area contributed by atoms with Crippen molar-refractivity contribution in [2.45, 2.75) is 38.8 Å². The van der Waals surface area contributed by atoms with E-state index >= 15 is 0 Å². The van der Waals surface area contributed by atoms with Crippen molar-refractivity contribution in [1.82, 2.24) is 25.3 Å². The van der Waals surface area contributed by atoms with Gasteiger partial charge in [-0.1, -0.05) is 0 Å². The van der Waals surface area contributed by atoms with Crippen LogP contribution in [0.5, 0.6) is 0 Å². The Balaban J connectivity index is 1.72. The molecule has 2 heterocycles. The standard InChI is InChI=1S/C16H29N5O3/c1-12(2)18-14(22)15(23)20-7-9-21(10-8-20)16(24)17-11-13-5-4-6-19(13)3/h12-13H,4-11H2,1-3H3,(H,17,24)(H,18,22). The van der Waals surface area contributed by atoms with E-state index in [9.17, 15) is 14.4 Å². The molecule has 0 bridgehead atoms. The first-order chi connectivity index (χ1) is 11.4. The molecule has 0 aliphatic carbocycles. The lowest BCUT2D eigenvalue weighted by Crippen LogP contribution is -2.56. The van der Waals surface area contributed by atoms with E-state index in [2.05, 4.69) is 22.6 Å². The summed E-state index contributed by atoms with van der Waals surface area (Å²) >= 11 is 0. The average Bonchev–Trinajstić information content (AvgIpc) is 2.96. The quantitative estimate of drug-likeness (QED) is 0.676. The predicted octanol–water partition coefficient (Wildman–Crippen LogP) is -0.541. The van der Waals surface area contributed by atoms with Crippen LogP contribution in [0.1, 0.15) is 26.7 Å². The second-order valence-corrected chi connectivity index (χ2v) is 6.87. The Labute approximate surface area is 143 Å². The van der Waals surface area contributed by atoms with Crippen molar-refractivity contribution >= 4 is 17.8 Å². The minimum absolute atomic E-state index is 0.0674. The predicted molar refractivity (Wildman–Crippen MR) is 90.5 cm³/mol. The van der Waals surface area contributed by atoms with Crippen molar-refractivity contribution in [2.24, 2.45) is 0 Å². The van der Waals surface area contributed by atoms with E-state index in [4.69, 9.17) is 0 Å². The highest BCUT2D eigenvalue weighted by Gasteiger charge is 2.28. The summed E-state index contributed by atoms with van der Waals surface area (Å²) < 4.78 is 0. The molecular formula is C16H29N5O3. The molecule has 24 heavy (non-hydrogen) atoms. The Hall–Kier alpha value is -1.83. The van der Waals surface area contributed by atoms with E-state index in [1.807, 2.05) is 13.8 Å². The van der Waals surface area contributed by atoms with Crippen LogP contribution < -0.4 is 10.6 Å². The molecule has 1 unspecified atom stereocenters. The Morgan fingerprint density at radius 3 is 2.21 bits per heavy atom. The number of piperazine rings is 1. The summed E-state index contributed by atoms with van der Waals surface area (Å²) in [5, 5.41) is 5.58. The van der Waals surface area contributed by atoms with Gasteiger partial charge in [-0.15, -0.1) is 0 Å². The number of carbonyl (C=O) groups is 3. The van der Waals surface area contributed by atoms with Crippen LogP contribution in [0.3, 0.4) is 0 Å². The molecule has 0 radical (unpaired) electrons. The fraction of sp³-hybridized carbons (Fsp3) is 0.812. The van der Waals surface area contributed by atoms with Crippen LogP contribution in [0.2, 0.25) is 0 Å². The molecule has 0 spiro atoms. The van der Waals surface area contributed by atoms with Gasteiger partial charge in [0.2, 0.25) is 0 Å². The van der Waals surface area contributed by atoms with Crippen molar-refractivity contribution in [3.05, 3.63) is 0 Å². The first kappa shape index (κ1) is 18.5. The molecule has 2 aliphatic rings. The summed E-state index contributed by atoms with van der Waals surface area (Å²) in [7, 11) is 2.08. The van der Waals surface area contributed by atoms with Gasteiger partial charge in [-0.25, -0.2) is 4.79 Å². The summed E-state index contributed by atoms with van der Waals surface area (Å²) in [6, 6.07) is 0.257. The van der Waals surface area contributed by atoms with Crippen molar-refractivity contribution in [1.29, 1.82) is 0 Å². The Morgan fingerprint density at radius 1 is 1.04 bits per heavy atom. The zero-order chi connectivity index (χ0) is 17.7.